The van der Waals surface area contributed by atoms with Crippen molar-refractivity contribution in [2.24, 2.45) is 11.8 Å². The molecule has 1 aliphatic heterocycles. The molecule has 0 N–H and O–H groups in total. The largest absolute Gasteiger partial charge is 0.497 e. The zero-order chi connectivity index (χ0) is 28.4. The molecule has 40 heavy (non-hydrogen) atoms. The van der Waals surface area contributed by atoms with Gasteiger partial charge in [0.2, 0.25) is 18.1 Å². The lowest BCUT2D eigenvalue weighted by atomic mass is 9.87. The number of hydrogen-bond donors (Lipinski definition) is 0. The summed E-state index contributed by atoms with van der Waals surface area (Å²) in [7, 11) is 3.57. The number of carbonyl (C=O) groups excluding carboxylic acids is 2. The molecule has 1 fully saturated rings. The molecule has 9 nitrogen and oxygen atoms in total. The molecule has 0 spiro atoms. The molecule has 2 aromatic carbocycles. The van der Waals surface area contributed by atoms with E-state index < -0.39 is 0 Å². The number of piperidine rings is 1. The molecule has 0 bridgehead atoms. The summed E-state index contributed by atoms with van der Waals surface area (Å²) in [4.78, 5) is 36.7. The molecule has 0 radical (unpaired) electrons. The van der Waals surface area contributed by atoms with Crippen molar-refractivity contribution < 1.29 is 18.9 Å². The van der Waals surface area contributed by atoms with E-state index in [0.717, 1.165) is 33.9 Å². The first-order chi connectivity index (χ1) is 19.3. The first-order valence-electron chi connectivity index (χ1n) is 13.5. The molecule has 5 rings (SSSR count). The summed E-state index contributed by atoms with van der Waals surface area (Å²) < 4.78 is 8.88. The Morgan fingerprint density at radius 3 is 2.75 bits per heavy atom. The number of aromatic nitrogens is 3. The molecule has 204 valence electrons. The molecule has 2 aromatic heterocycles. The van der Waals surface area contributed by atoms with Gasteiger partial charge in [0.1, 0.15) is 17.6 Å². The van der Waals surface area contributed by atoms with Crippen LogP contribution < -0.4 is 4.74 Å². The van der Waals surface area contributed by atoms with Gasteiger partial charge in [-0.15, -0.1) is 0 Å². The highest BCUT2D eigenvalue weighted by atomic mass is 16.5. The Labute approximate surface area is 233 Å². The molecule has 0 aliphatic carbocycles. The Bertz CT molecular complexity index is 1670. The zero-order valence-electron chi connectivity index (χ0n) is 23.2. The molecule has 9 heteroatoms. The summed E-state index contributed by atoms with van der Waals surface area (Å²) in [5.74, 6) is 1.39. The standard InChI is InChI=1S/C31H33N6O3/c1-20-10-13-36(28(38)9-12-32)18-25(20)17-35(3)29-27-11-14-37(30(27)34-19-33-29)31(39)21(2)22-5-6-24-16-26(40-4)8-7-23(24)15-22/h5-8,11,14-17,19-21,25H,9-10,13,18H2,1-4H3/q+1/b35-17-/t20-,21+,25?/m1/s1. The Hall–Kier alpha value is -4.58. The van der Waals surface area contributed by atoms with Crippen LogP contribution in [0.5, 0.6) is 5.75 Å². The first-order valence-corrected chi connectivity index (χ1v) is 13.5. The van der Waals surface area contributed by atoms with E-state index in [4.69, 9.17) is 10.00 Å². The fourth-order valence-corrected chi connectivity index (χ4v) is 5.44. The molecule has 1 amide bonds. The van der Waals surface area contributed by atoms with Crippen molar-refractivity contribution in [1.82, 2.24) is 19.4 Å². The molecular formula is C31H33N6O3+. The van der Waals surface area contributed by atoms with Crippen molar-refractivity contribution in [3.63, 3.8) is 0 Å². The third-order valence-electron chi connectivity index (χ3n) is 7.99. The van der Waals surface area contributed by atoms with E-state index in [1.165, 1.54) is 6.33 Å². The number of fused-ring (bicyclic) bond motifs is 2. The van der Waals surface area contributed by atoms with E-state index in [2.05, 4.69) is 23.1 Å². The van der Waals surface area contributed by atoms with Crippen LogP contribution in [-0.2, 0) is 4.79 Å². The molecular weight excluding hydrogens is 504 g/mol. The van der Waals surface area contributed by atoms with Gasteiger partial charge >= 0.3 is 5.82 Å². The van der Waals surface area contributed by atoms with E-state index in [0.29, 0.717) is 30.5 Å². The van der Waals surface area contributed by atoms with E-state index in [9.17, 15) is 9.59 Å². The highest BCUT2D eigenvalue weighted by Crippen LogP contribution is 2.29. The lowest BCUT2D eigenvalue weighted by molar-refractivity contribution is -0.405. The molecule has 1 aliphatic rings. The summed E-state index contributed by atoms with van der Waals surface area (Å²) in [5.41, 5.74) is 1.47. The van der Waals surface area contributed by atoms with Crippen LogP contribution in [0.2, 0.25) is 0 Å². The fourth-order valence-electron chi connectivity index (χ4n) is 5.44. The average Bonchev–Trinajstić information content (AvgIpc) is 3.41. The van der Waals surface area contributed by atoms with E-state index in [1.54, 1.807) is 22.8 Å². The minimum atomic E-state index is -0.384. The summed E-state index contributed by atoms with van der Waals surface area (Å²) in [5, 5.41) is 11.8. The Morgan fingerprint density at radius 1 is 1.20 bits per heavy atom. The number of hydrogen-bond acceptors (Lipinski definition) is 6. The average molecular weight is 538 g/mol. The number of amides is 1. The van der Waals surface area contributed by atoms with Crippen LogP contribution in [0.1, 0.15) is 43.0 Å². The highest BCUT2D eigenvalue weighted by Gasteiger charge is 2.30. The molecule has 4 aromatic rings. The second kappa shape index (κ2) is 11.3. The Kier molecular flexibility index (Phi) is 7.60. The fraction of sp³-hybridized carbons (Fsp3) is 0.355. The second-order valence-corrected chi connectivity index (χ2v) is 10.5. The SMILES string of the molecule is COc1ccc2cc([C@H](C)C(=O)n3ccc4c(/[N+](C)=C\C5CN(C(=O)CC#N)CC[C@H]5C)ncnc43)ccc2c1. The number of likely N-dealkylation sites (tertiary alicyclic amines) is 1. The molecule has 1 saturated heterocycles. The number of nitrogens with zero attached hydrogens (tertiary/aromatic N) is 6. The number of ether oxygens (including phenoxy) is 1. The minimum Gasteiger partial charge on any atom is -0.497 e. The normalized spacial score (nSPS) is 18.5. The second-order valence-electron chi connectivity index (χ2n) is 10.5. The van der Waals surface area contributed by atoms with Crippen LogP contribution in [0, 0.1) is 23.2 Å². The molecule has 0 saturated carbocycles. The topological polar surface area (TPSA) is 104 Å². The summed E-state index contributed by atoms with van der Waals surface area (Å²) in [6.45, 7) is 5.32. The summed E-state index contributed by atoms with van der Waals surface area (Å²) in [6.07, 6.45) is 6.10. The van der Waals surface area contributed by atoms with Crippen molar-refractivity contribution in [2.75, 3.05) is 27.2 Å². The van der Waals surface area contributed by atoms with E-state index >= 15 is 0 Å². The third kappa shape index (κ3) is 5.17. The molecule has 3 atom stereocenters. The van der Waals surface area contributed by atoms with Crippen molar-refractivity contribution in [1.29, 1.82) is 5.26 Å². The minimum absolute atomic E-state index is 0.0771. The maximum atomic E-state index is 13.7. The van der Waals surface area contributed by atoms with Crippen LogP contribution in [0.3, 0.4) is 0 Å². The highest BCUT2D eigenvalue weighted by molar-refractivity contribution is 5.97. The molecule has 1 unspecified atom stereocenters. The van der Waals surface area contributed by atoms with Gasteiger partial charge in [-0.3, -0.25) is 14.2 Å². The predicted molar refractivity (Wildman–Crippen MR) is 153 cm³/mol. The smallest absolute Gasteiger partial charge is 0.335 e. The lowest BCUT2D eigenvalue weighted by Crippen LogP contribution is -2.44. The maximum absolute atomic E-state index is 13.7. The maximum Gasteiger partial charge on any atom is 0.335 e. The molecule has 3 heterocycles. The van der Waals surface area contributed by atoms with E-state index in [1.807, 2.05) is 67.1 Å². The number of rotatable bonds is 6. The van der Waals surface area contributed by atoms with Gasteiger partial charge in [0.15, 0.2) is 5.65 Å². The van der Waals surface area contributed by atoms with Gasteiger partial charge in [0.25, 0.3) is 0 Å². The first kappa shape index (κ1) is 27.0. The van der Waals surface area contributed by atoms with Gasteiger partial charge in [0, 0.05) is 25.2 Å². The Morgan fingerprint density at radius 2 is 1.98 bits per heavy atom. The van der Waals surface area contributed by atoms with Crippen LogP contribution in [0.4, 0.5) is 5.82 Å². The van der Waals surface area contributed by atoms with E-state index in [-0.39, 0.29) is 30.1 Å². The van der Waals surface area contributed by atoms with Crippen molar-refractivity contribution in [2.45, 2.75) is 32.6 Å². The van der Waals surface area contributed by atoms with Crippen molar-refractivity contribution in [3.8, 4) is 11.8 Å². The van der Waals surface area contributed by atoms with Crippen LogP contribution >= 0.6 is 0 Å². The number of benzene rings is 2. The van der Waals surface area contributed by atoms with Gasteiger partial charge in [-0.1, -0.05) is 31.2 Å². The number of methoxy groups -OCH3 is 1. The van der Waals surface area contributed by atoms with Crippen molar-refractivity contribution >= 4 is 45.7 Å². The number of carbonyl (C=O) groups is 2. The van der Waals surface area contributed by atoms with Gasteiger partial charge in [0.05, 0.1) is 32.4 Å². The zero-order valence-corrected chi connectivity index (χ0v) is 23.2. The number of nitriles is 1. The van der Waals surface area contributed by atoms with Crippen LogP contribution in [0.25, 0.3) is 21.8 Å². The summed E-state index contributed by atoms with van der Waals surface area (Å²) in [6, 6.07) is 15.8. The Balaban J connectivity index is 1.41. The third-order valence-corrected chi connectivity index (χ3v) is 7.99. The predicted octanol–water partition coefficient (Wildman–Crippen LogP) is 4.78. The van der Waals surface area contributed by atoms with Crippen molar-refractivity contribution in [3.05, 3.63) is 60.6 Å². The van der Waals surface area contributed by atoms with Gasteiger partial charge in [-0.2, -0.15) is 10.2 Å². The van der Waals surface area contributed by atoms with Crippen LogP contribution in [-0.4, -0.2) is 69.3 Å². The van der Waals surface area contributed by atoms with Crippen LogP contribution in [0.15, 0.2) is 55.0 Å². The van der Waals surface area contributed by atoms with Gasteiger partial charge in [-0.25, -0.2) is 4.58 Å². The quantitative estimate of drug-likeness (QED) is 0.259. The summed E-state index contributed by atoms with van der Waals surface area (Å²) >= 11 is 0. The monoisotopic (exact) mass is 537 g/mol. The van der Waals surface area contributed by atoms with Gasteiger partial charge < -0.3 is 9.64 Å². The lowest BCUT2D eigenvalue weighted by Gasteiger charge is -2.34. The van der Waals surface area contributed by atoms with Gasteiger partial charge in [-0.05, 0) is 58.8 Å².